The summed E-state index contributed by atoms with van der Waals surface area (Å²) in [5.74, 6) is 1.53. The predicted molar refractivity (Wildman–Crippen MR) is 140 cm³/mol. The van der Waals surface area contributed by atoms with Crippen molar-refractivity contribution >= 4 is 29.9 Å². The van der Waals surface area contributed by atoms with Crippen molar-refractivity contribution in [3.8, 4) is 0 Å². The fourth-order valence-corrected chi connectivity index (χ4v) is 4.44. The van der Waals surface area contributed by atoms with E-state index < -0.39 is 0 Å². The monoisotopic (exact) mass is 543 g/mol. The lowest BCUT2D eigenvalue weighted by molar-refractivity contribution is -0.0284. The molecule has 176 valence electrons. The van der Waals surface area contributed by atoms with Crippen LogP contribution in [0.1, 0.15) is 44.2 Å². The number of benzene rings is 1. The Kier molecular flexibility index (Phi) is 12.1. The van der Waals surface area contributed by atoms with E-state index in [1.165, 1.54) is 43.5 Å². The molecule has 6 nitrogen and oxygen atoms in total. The van der Waals surface area contributed by atoms with Gasteiger partial charge in [-0.3, -0.25) is 14.8 Å². The number of halogens is 1. The number of guanidine groups is 1. The Morgan fingerprint density at radius 2 is 1.81 bits per heavy atom. The van der Waals surface area contributed by atoms with Crippen LogP contribution in [0.25, 0.3) is 0 Å². The summed E-state index contributed by atoms with van der Waals surface area (Å²) in [6, 6.07) is 8.78. The van der Waals surface area contributed by atoms with Crippen molar-refractivity contribution in [1.82, 2.24) is 20.4 Å². The van der Waals surface area contributed by atoms with Gasteiger partial charge in [0.1, 0.15) is 0 Å². The van der Waals surface area contributed by atoms with E-state index in [0.29, 0.717) is 5.92 Å². The number of piperidine rings is 1. The summed E-state index contributed by atoms with van der Waals surface area (Å²) < 4.78 is 5.96. The standard InChI is InChI=1S/C24H41N5O.HI/c1-20(2)17-29-13-14-30-23(19-29)16-27-24(25-3)26-15-21-9-5-6-10-22(21)18-28-11-7-4-8-12-28;/h5-6,9-10,20,23H,4,7-8,11-19H2,1-3H3,(H2,25,26,27);1H. The summed E-state index contributed by atoms with van der Waals surface area (Å²) in [5, 5.41) is 6.96. The zero-order valence-corrected chi connectivity index (χ0v) is 21.9. The topological polar surface area (TPSA) is 52.1 Å². The molecule has 0 saturated carbocycles. The van der Waals surface area contributed by atoms with Crippen molar-refractivity contribution in [2.24, 2.45) is 10.9 Å². The van der Waals surface area contributed by atoms with Crippen molar-refractivity contribution in [2.45, 2.75) is 52.3 Å². The van der Waals surface area contributed by atoms with Gasteiger partial charge in [-0.2, -0.15) is 0 Å². The van der Waals surface area contributed by atoms with Crippen molar-refractivity contribution in [3.63, 3.8) is 0 Å². The number of hydrogen-bond donors (Lipinski definition) is 2. The number of ether oxygens (including phenoxy) is 1. The van der Waals surface area contributed by atoms with Gasteiger partial charge in [-0.05, 0) is 43.0 Å². The summed E-state index contributed by atoms with van der Waals surface area (Å²) in [4.78, 5) is 9.50. The first-order chi connectivity index (χ1) is 14.6. The summed E-state index contributed by atoms with van der Waals surface area (Å²) in [6.07, 6.45) is 4.24. The first-order valence-corrected chi connectivity index (χ1v) is 11.7. The largest absolute Gasteiger partial charge is 0.374 e. The molecule has 0 amide bonds. The zero-order chi connectivity index (χ0) is 21.2. The smallest absolute Gasteiger partial charge is 0.191 e. The SMILES string of the molecule is CN=C(NCc1ccccc1CN1CCCCC1)NCC1CN(CC(C)C)CCO1.I. The maximum atomic E-state index is 5.96. The molecule has 2 N–H and O–H groups in total. The van der Waals surface area contributed by atoms with Crippen LogP contribution in [-0.4, -0.2) is 74.8 Å². The van der Waals surface area contributed by atoms with E-state index in [-0.39, 0.29) is 30.1 Å². The number of nitrogens with one attached hydrogen (secondary N) is 2. The number of morpholine rings is 1. The first kappa shape index (κ1) is 26.4. The number of nitrogens with zero attached hydrogens (tertiary/aromatic N) is 3. The third-order valence-electron chi connectivity index (χ3n) is 5.97. The Hall–Kier alpha value is -0.900. The minimum Gasteiger partial charge on any atom is -0.374 e. The molecule has 2 saturated heterocycles. The van der Waals surface area contributed by atoms with Crippen LogP contribution >= 0.6 is 24.0 Å². The molecule has 0 aliphatic carbocycles. The van der Waals surface area contributed by atoms with Crippen LogP contribution in [0.4, 0.5) is 0 Å². The van der Waals surface area contributed by atoms with Gasteiger partial charge in [-0.15, -0.1) is 24.0 Å². The average molecular weight is 544 g/mol. The van der Waals surface area contributed by atoms with Gasteiger partial charge in [-0.25, -0.2) is 0 Å². The molecule has 3 rings (SSSR count). The molecular weight excluding hydrogens is 501 g/mol. The fraction of sp³-hybridized carbons (Fsp3) is 0.708. The van der Waals surface area contributed by atoms with Crippen LogP contribution in [-0.2, 0) is 17.8 Å². The maximum absolute atomic E-state index is 5.96. The van der Waals surface area contributed by atoms with Gasteiger partial charge in [0.05, 0.1) is 12.7 Å². The molecule has 0 spiro atoms. The molecule has 0 aromatic heterocycles. The fourth-order valence-electron chi connectivity index (χ4n) is 4.44. The second kappa shape index (κ2) is 14.3. The zero-order valence-electron chi connectivity index (χ0n) is 19.6. The number of rotatable bonds is 8. The van der Waals surface area contributed by atoms with Crippen LogP contribution < -0.4 is 10.6 Å². The number of aliphatic imine (C=N–C) groups is 1. The van der Waals surface area contributed by atoms with E-state index >= 15 is 0 Å². The molecule has 1 aromatic rings. The summed E-state index contributed by atoms with van der Waals surface area (Å²) in [5.41, 5.74) is 2.77. The van der Waals surface area contributed by atoms with Gasteiger partial charge in [0, 0.05) is 46.3 Å². The molecule has 2 aliphatic heterocycles. The lowest BCUT2D eigenvalue weighted by Crippen LogP contribution is -2.50. The molecule has 1 atom stereocenters. The maximum Gasteiger partial charge on any atom is 0.191 e. The molecule has 2 aliphatic rings. The Labute approximate surface area is 206 Å². The van der Waals surface area contributed by atoms with Crippen LogP contribution in [0.2, 0.25) is 0 Å². The summed E-state index contributed by atoms with van der Waals surface area (Å²) in [7, 11) is 1.84. The van der Waals surface area contributed by atoms with Gasteiger partial charge in [0.2, 0.25) is 0 Å². The number of hydrogen-bond acceptors (Lipinski definition) is 4. The van der Waals surface area contributed by atoms with Gasteiger partial charge >= 0.3 is 0 Å². The third kappa shape index (κ3) is 9.24. The summed E-state index contributed by atoms with van der Waals surface area (Å²) in [6.45, 7) is 13.6. The van der Waals surface area contributed by atoms with Crippen LogP contribution in [0.5, 0.6) is 0 Å². The van der Waals surface area contributed by atoms with Crippen molar-refractivity contribution in [1.29, 1.82) is 0 Å². The predicted octanol–water partition coefficient (Wildman–Crippen LogP) is 3.31. The molecular formula is C24H42IN5O. The quantitative estimate of drug-likeness (QED) is 0.300. The van der Waals surface area contributed by atoms with E-state index in [4.69, 9.17) is 4.74 Å². The van der Waals surface area contributed by atoms with Crippen LogP contribution in [0.3, 0.4) is 0 Å². The molecule has 0 radical (unpaired) electrons. The highest BCUT2D eigenvalue weighted by Gasteiger charge is 2.21. The van der Waals surface area contributed by atoms with Gasteiger partial charge in [0.25, 0.3) is 0 Å². The van der Waals surface area contributed by atoms with Gasteiger partial charge < -0.3 is 15.4 Å². The van der Waals surface area contributed by atoms with E-state index in [2.05, 4.69) is 63.5 Å². The lowest BCUT2D eigenvalue weighted by Gasteiger charge is -2.34. The van der Waals surface area contributed by atoms with Crippen LogP contribution in [0, 0.1) is 5.92 Å². The summed E-state index contributed by atoms with van der Waals surface area (Å²) >= 11 is 0. The molecule has 1 unspecified atom stereocenters. The highest BCUT2D eigenvalue weighted by atomic mass is 127. The van der Waals surface area contributed by atoms with Gasteiger partial charge in [-0.1, -0.05) is 44.5 Å². The lowest BCUT2D eigenvalue weighted by atomic mass is 10.0. The Morgan fingerprint density at radius 1 is 1.06 bits per heavy atom. The minimum absolute atomic E-state index is 0. The Balaban J connectivity index is 0.00000341. The second-order valence-electron chi connectivity index (χ2n) is 9.06. The van der Waals surface area contributed by atoms with Crippen LogP contribution in [0.15, 0.2) is 29.3 Å². The highest BCUT2D eigenvalue weighted by Crippen LogP contribution is 2.16. The van der Waals surface area contributed by atoms with Crippen molar-refractivity contribution in [2.75, 3.05) is 52.9 Å². The van der Waals surface area contributed by atoms with E-state index in [1.807, 2.05) is 7.05 Å². The molecule has 2 fully saturated rings. The third-order valence-corrected chi connectivity index (χ3v) is 5.97. The average Bonchev–Trinajstić information content (AvgIpc) is 2.75. The first-order valence-electron chi connectivity index (χ1n) is 11.7. The van der Waals surface area contributed by atoms with Crippen molar-refractivity contribution in [3.05, 3.63) is 35.4 Å². The molecule has 7 heteroatoms. The molecule has 1 aromatic carbocycles. The van der Waals surface area contributed by atoms with E-state index in [1.54, 1.807) is 0 Å². The number of likely N-dealkylation sites (tertiary alicyclic amines) is 1. The minimum atomic E-state index is 0. The molecule has 2 heterocycles. The molecule has 31 heavy (non-hydrogen) atoms. The van der Waals surface area contributed by atoms with Crippen molar-refractivity contribution < 1.29 is 4.74 Å². The highest BCUT2D eigenvalue weighted by molar-refractivity contribution is 14.0. The van der Waals surface area contributed by atoms with E-state index in [0.717, 1.165) is 51.8 Å². The van der Waals surface area contributed by atoms with Gasteiger partial charge in [0.15, 0.2) is 5.96 Å². The Bertz CT molecular complexity index is 663. The second-order valence-corrected chi connectivity index (χ2v) is 9.06. The Morgan fingerprint density at radius 3 is 2.52 bits per heavy atom. The van der Waals surface area contributed by atoms with E-state index in [9.17, 15) is 0 Å². The molecule has 0 bridgehead atoms. The normalized spacial score (nSPS) is 21.0.